The molecule has 3 rings (SSSR count). The second-order valence-electron chi connectivity index (χ2n) is 4.94. The average Bonchev–Trinajstić information content (AvgIpc) is 2.94. The van der Waals surface area contributed by atoms with Gasteiger partial charge in [-0.2, -0.15) is 0 Å². The quantitative estimate of drug-likeness (QED) is 0.663. The van der Waals surface area contributed by atoms with Crippen molar-refractivity contribution in [1.82, 2.24) is 0 Å². The van der Waals surface area contributed by atoms with E-state index in [0.717, 1.165) is 27.3 Å². The summed E-state index contributed by atoms with van der Waals surface area (Å²) in [6.45, 7) is 1.94. The third kappa shape index (κ3) is 3.06. The third-order valence-corrected chi connectivity index (χ3v) is 4.63. The first-order valence-electron chi connectivity index (χ1n) is 6.85. The summed E-state index contributed by atoms with van der Waals surface area (Å²) in [5, 5.41) is 5.60. The molecule has 4 heteroatoms. The SMILES string of the molecule is Cc1ccsc1C(=O)Nc1ccccc1-c1cccc(Cl)c1. The molecule has 3 aromatic rings. The number of nitrogens with one attached hydrogen (secondary N) is 1. The van der Waals surface area contributed by atoms with Crippen LogP contribution in [-0.2, 0) is 0 Å². The second-order valence-corrected chi connectivity index (χ2v) is 6.30. The summed E-state index contributed by atoms with van der Waals surface area (Å²) in [6.07, 6.45) is 0. The van der Waals surface area contributed by atoms with E-state index in [1.807, 2.05) is 66.9 Å². The van der Waals surface area contributed by atoms with Crippen molar-refractivity contribution >= 4 is 34.5 Å². The molecular weight excluding hydrogens is 314 g/mol. The van der Waals surface area contributed by atoms with Gasteiger partial charge in [-0.15, -0.1) is 11.3 Å². The van der Waals surface area contributed by atoms with Crippen LogP contribution < -0.4 is 5.32 Å². The van der Waals surface area contributed by atoms with E-state index in [1.165, 1.54) is 11.3 Å². The number of thiophene rings is 1. The molecule has 1 amide bonds. The fraction of sp³-hybridized carbons (Fsp3) is 0.0556. The van der Waals surface area contributed by atoms with Gasteiger partial charge in [0.1, 0.15) is 0 Å². The zero-order chi connectivity index (χ0) is 15.5. The van der Waals surface area contributed by atoms with Crippen LogP contribution in [0.4, 0.5) is 5.69 Å². The van der Waals surface area contributed by atoms with Gasteiger partial charge in [-0.1, -0.05) is 41.9 Å². The zero-order valence-corrected chi connectivity index (χ0v) is 13.5. The molecule has 0 fully saturated rings. The third-order valence-electron chi connectivity index (χ3n) is 3.38. The number of halogens is 1. The number of anilines is 1. The smallest absolute Gasteiger partial charge is 0.266 e. The van der Waals surface area contributed by atoms with Crippen LogP contribution in [-0.4, -0.2) is 5.91 Å². The topological polar surface area (TPSA) is 29.1 Å². The molecule has 0 aliphatic rings. The van der Waals surface area contributed by atoms with Crippen molar-refractivity contribution in [2.75, 3.05) is 5.32 Å². The summed E-state index contributed by atoms with van der Waals surface area (Å²) < 4.78 is 0. The highest BCUT2D eigenvalue weighted by Crippen LogP contribution is 2.30. The largest absolute Gasteiger partial charge is 0.321 e. The number of carbonyl (C=O) groups is 1. The van der Waals surface area contributed by atoms with Crippen LogP contribution in [0.2, 0.25) is 5.02 Å². The lowest BCUT2D eigenvalue weighted by Crippen LogP contribution is -2.12. The number of benzene rings is 2. The van der Waals surface area contributed by atoms with Crippen molar-refractivity contribution in [2.24, 2.45) is 0 Å². The Labute approximate surface area is 138 Å². The number of carbonyl (C=O) groups excluding carboxylic acids is 1. The summed E-state index contributed by atoms with van der Waals surface area (Å²) in [7, 11) is 0. The highest BCUT2D eigenvalue weighted by Gasteiger charge is 2.13. The van der Waals surface area contributed by atoms with Crippen molar-refractivity contribution in [3.05, 3.63) is 75.4 Å². The number of hydrogen-bond acceptors (Lipinski definition) is 2. The van der Waals surface area contributed by atoms with Gasteiger partial charge in [-0.05, 0) is 47.7 Å². The van der Waals surface area contributed by atoms with E-state index < -0.39 is 0 Å². The van der Waals surface area contributed by atoms with Crippen LogP contribution in [0, 0.1) is 6.92 Å². The minimum absolute atomic E-state index is 0.0815. The van der Waals surface area contributed by atoms with Crippen LogP contribution in [0.25, 0.3) is 11.1 Å². The molecule has 0 spiro atoms. The van der Waals surface area contributed by atoms with Gasteiger partial charge in [0.25, 0.3) is 5.91 Å². The molecular formula is C18H14ClNOS. The maximum Gasteiger partial charge on any atom is 0.266 e. The first kappa shape index (κ1) is 14.8. The number of hydrogen-bond donors (Lipinski definition) is 1. The first-order valence-corrected chi connectivity index (χ1v) is 8.11. The Morgan fingerprint density at radius 1 is 1.09 bits per heavy atom. The summed E-state index contributed by atoms with van der Waals surface area (Å²) in [5.74, 6) is -0.0815. The van der Waals surface area contributed by atoms with Crippen LogP contribution in [0.1, 0.15) is 15.2 Å². The molecule has 2 aromatic carbocycles. The Balaban J connectivity index is 1.95. The number of amides is 1. The number of para-hydroxylation sites is 1. The molecule has 1 aromatic heterocycles. The van der Waals surface area contributed by atoms with Crippen LogP contribution in [0.15, 0.2) is 60.0 Å². The van der Waals surface area contributed by atoms with Crippen molar-refractivity contribution < 1.29 is 4.79 Å². The van der Waals surface area contributed by atoms with Gasteiger partial charge in [-0.3, -0.25) is 4.79 Å². The summed E-state index contributed by atoms with van der Waals surface area (Å²) in [4.78, 5) is 13.2. The Hall–Kier alpha value is -2.10. The van der Waals surface area contributed by atoms with Crippen molar-refractivity contribution in [3.8, 4) is 11.1 Å². The summed E-state index contributed by atoms with van der Waals surface area (Å²) >= 11 is 7.52. The van der Waals surface area contributed by atoms with Crippen LogP contribution >= 0.6 is 22.9 Å². The lowest BCUT2D eigenvalue weighted by Gasteiger charge is -2.11. The van der Waals surface area contributed by atoms with E-state index in [0.29, 0.717) is 5.02 Å². The van der Waals surface area contributed by atoms with Gasteiger partial charge in [-0.25, -0.2) is 0 Å². The monoisotopic (exact) mass is 327 g/mol. The predicted molar refractivity (Wildman–Crippen MR) is 93.9 cm³/mol. The molecule has 1 heterocycles. The molecule has 1 N–H and O–H groups in total. The average molecular weight is 328 g/mol. The Morgan fingerprint density at radius 2 is 1.91 bits per heavy atom. The van der Waals surface area contributed by atoms with Crippen LogP contribution in [0.3, 0.4) is 0 Å². The normalized spacial score (nSPS) is 10.5. The highest BCUT2D eigenvalue weighted by atomic mass is 35.5. The van der Waals surface area contributed by atoms with E-state index in [9.17, 15) is 4.79 Å². The maximum absolute atomic E-state index is 12.4. The first-order chi connectivity index (χ1) is 10.6. The van der Waals surface area contributed by atoms with E-state index in [2.05, 4.69) is 5.32 Å². The van der Waals surface area contributed by atoms with Crippen LogP contribution in [0.5, 0.6) is 0 Å². The predicted octanol–water partition coefficient (Wildman–Crippen LogP) is 5.63. The van der Waals surface area contributed by atoms with E-state index in [-0.39, 0.29) is 5.91 Å². The molecule has 0 saturated heterocycles. The Bertz CT molecular complexity index is 825. The van der Waals surface area contributed by atoms with E-state index >= 15 is 0 Å². The zero-order valence-electron chi connectivity index (χ0n) is 12.0. The van der Waals surface area contributed by atoms with Gasteiger partial charge in [0.2, 0.25) is 0 Å². The minimum atomic E-state index is -0.0815. The number of aryl methyl sites for hydroxylation is 1. The summed E-state index contributed by atoms with van der Waals surface area (Å²) in [5.41, 5.74) is 3.70. The van der Waals surface area contributed by atoms with E-state index in [4.69, 9.17) is 11.6 Å². The number of rotatable bonds is 3. The minimum Gasteiger partial charge on any atom is -0.321 e. The molecule has 2 nitrogen and oxygen atoms in total. The van der Waals surface area contributed by atoms with Crippen molar-refractivity contribution in [3.63, 3.8) is 0 Å². The van der Waals surface area contributed by atoms with Gasteiger partial charge in [0, 0.05) is 16.3 Å². The Morgan fingerprint density at radius 3 is 2.64 bits per heavy atom. The molecule has 22 heavy (non-hydrogen) atoms. The molecule has 0 atom stereocenters. The fourth-order valence-electron chi connectivity index (χ4n) is 2.28. The molecule has 0 saturated carbocycles. The maximum atomic E-state index is 12.4. The molecule has 0 unspecified atom stereocenters. The molecule has 110 valence electrons. The van der Waals surface area contributed by atoms with E-state index in [1.54, 1.807) is 0 Å². The lowest BCUT2D eigenvalue weighted by atomic mass is 10.0. The van der Waals surface area contributed by atoms with Gasteiger partial charge in [0.15, 0.2) is 0 Å². The molecule has 0 radical (unpaired) electrons. The summed E-state index contributed by atoms with van der Waals surface area (Å²) in [6, 6.07) is 17.3. The standard InChI is InChI=1S/C18H14ClNOS/c1-12-9-10-22-17(12)18(21)20-16-8-3-2-7-15(16)13-5-4-6-14(19)11-13/h2-11H,1H3,(H,20,21). The molecule has 0 aliphatic carbocycles. The second kappa shape index (κ2) is 6.34. The van der Waals surface area contributed by atoms with Crippen molar-refractivity contribution in [2.45, 2.75) is 6.92 Å². The molecule has 0 bridgehead atoms. The fourth-order valence-corrected chi connectivity index (χ4v) is 3.29. The molecule has 0 aliphatic heterocycles. The highest BCUT2D eigenvalue weighted by molar-refractivity contribution is 7.12. The Kier molecular flexibility index (Phi) is 4.27. The lowest BCUT2D eigenvalue weighted by molar-refractivity contribution is 0.103. The van der Waals surface area contributed by atoms with Crippen molar-refractivity contribution in [1.29, 1.82) is 0 Å². The van der Waals surface area contributed by atoms with Gasteiger partial charge in [0.05, 0.1) is 4.88 Å². The van der Waals surface area contributed by atoms with Gasteiger partial charge >= 0.3 is 0 Å². The van der Waals surface area contributed by atoms with Gasteiger partial charge < -0.3 is 5.32 Å².